The van der Waals surface area contributed by atoms with Crippen LogP contribution in [0.15, 0.2) is 42.9 Å². The van der Waals surface area contributed by atoms with Crippen LogP contribution in [-0.4, -0.2) is 40.8 Å². The number of amides is 3. The molecule has 0 aliphatic carbocycles. The summed E-state index contributed by atoms with van der Waals surface area (Å²) < 4.78 is 0. The van der Waals surface area contributed by atoms with Crippen LogP contribution in [0.5, 0.6) is 0 Å². The number of carbonyl (C=O) groups excluding carboxylic acids is 3. The van der Waals surface area contributed by atoms with Crippen molar-refractivity contribution < 1.29 is 14.4 Å². The lowest BCUT2D eigenvalue weighted by atomic mass is 9.72. The average molecular weight is 422 g/mol. The maximum atomic E-state index is 12.9. The molecule has 3 heterocycles. The predicted molar refractivity (Wildman–Crippen MR) is 116 cm³/mol. The molecule has 3 amide bonds. The molecule has 31 heavy (non-hydrogen) atoms. The van der Waals surface area contributed by atoms with E-state index in [9.17, 15) is 14.4 Å². The third-order valence-electron chi connectivity index (χ3n) is 6.44. The van der Waals surface area contributed by atoms with Gasteiger partial charge in [-0.3, -0.25) is 24.7 Å². The van der Waals surface area contributed by atoms with Crippen LogP contribution in [0.3, 0.4) is 0 Å². The molecule has 0 bridgehead atoms. The van der Waals surface area contributed by atoms with Gasteiger partial charge in [-0.2, -0.15) is 0 Å². The van der Waals surface area contributed by atoms with Gasteiger partial charge in [-0.1, -0.05) is 19.1 Å². The van der Waals surface area contributed by atoms with Crippen LogP contribution in [0.25, 0.3) is 0 Å². The van der Waals surface area contributed by atoms with Gasteiger partial charge < -0.3 is 10.2 Å². The summed E-state index contributed by atoms with van der Waals surface area (Å²) in [6.07, 6.45) is 8.21. The molecule has 8 heteroatoms. The fourth-order valence-electron chi connectivity index (χ4n) is 4.54. The Morgan fingerprint density at radius 1 is 1.26 bits per heavy atom. The maximum Gasteiger partial charge on any atom is 0.237 e. The summed E-state index contributed by atoms with van der Waals surface area (Å²) in [6.45, 7) is 3.42. The van der Waals surface area contributed by atoms with Gasteiger partial charge in [0.25, 0.3) is 0 Å². The SMILES string of the molecule is CCC1(c2ccc(NC(=O)C3CCCN(c4cnccn4)C3)cc2)CCC(=O)NC1=O. The lowest BCUT2D eigenvalue weighted by Crippen LogP contribution is -2.51. The first-order chi connectivity index (χ1) is 15.0. The van der Waals surface area contributed by atoms with Crippen molar-refractivity contribution in [3.8, 4) is 0 Å². The molecule has 8 nitrogen and oxygen atoms in total. The molecular formula is C23H27N5O3. The van der Waals surface area contributed by atoms with Crippen molar-refractivity contribution in [3.05, 3.63) is 48.4 Å². The van der Waals surface area contributed by atoms with Gasteiger partial charge >= 0.3 is 0 Å². The minimum Gasteiger partial charge on any atom is -0.355 e. The van der Waals surface area contributed by atoms with Gasteiger partial charge in [-0.25, -0.2) is 4.98 Å². The van der Waals surface area contributed by atoms with E-state index in [1.165, 1.54) is 0 Å². The molecule has 0 spiro atoms. The van der Waals surface area contributed by atoms with Crippen molar-refractivity contribution in [3.63, 3.8) is 0 Å². The van der Waals surface area contributed by atoms with Gasteiger partial charge in [0.15, 0.2) is 0 Å². The van der Waals surface area contributed by atoms with Gasteiger partial charge in [0.1, 0.15) is 5.82 Å². The summed E-state index contributed by atoms with van der Waals surface area (Å²) >= 11 is 0. The van der Waals surface area contributed by atoms with Gasteiger partial charge in [0.2, 0.25) is 17.7 Å². The van der Waals surface area contributed by atoms with E-state index in [4.69, 9.17) is 0 Å². The topological polar surface area (TPSA) is 104 Å². The summed E-state index contributed by atoms with van der Waals surface area (Å²) in [5.41, 5.74) is 0.866. The normalized spacial score (nSPS) is 23.9. The quantitative estimate of drug-likeness (QED) is 0.719. The summed E-state index contributed by atoms with van der Waals surface area (Å²) in [4.78, 5) is 47.5. The Morgan fingerprint density at radius 2 is 2.06 bits per heavy atom. The van der Waals surface area contributed by atoms with E-state index in [2.05, 4.69) is 25.5 Å². The minimum absolute atomic E-state index is 0.0208. The third-order valence-corrected chi connectivity index (χ3v) is 6.44. The van der Waals surface area contributed by atoms with Gasteiger partial charge in [0, 0.05) is 37.6 Å². The van der Waals surface area contributed by atoms with Crippen LogP contribution < -0.4 is 15.5 Å². The van der Waals surface area contributed by atoms with E-state index in [1.807, 2.05) is 31.2 Å². The molecule has 2 aliphatic rings. The Hall–Kier alpha value is -3.29. The van der Waals surface area contributed by atoms with Crippen LogP contribution in [0, 0.1) is 5.92 Å². The molecule has 2 saturated heterocycles. The van der Waals surface area contributed by atoms with Crippen LogP contribution >= 0.6 is 0 Å². The molecule has 2 N–H and O–H groups in total. The zero-order valence-electron chi connectivity index (χ0n) is 17.6. The predicted octanol–water partition coefficient (Wildman–Crippen LogP) is 2.42. The summed E-state index contributed by atoms with van der Waals surface area (Å²) in [5.74, 6) is 0.175. The largest absolute Gasteiger partial charge is 0.355 e. The van der Waals surface area contributed by atoms with Crippen LogP contribution in [0.1, 0.15) is 44.6 Å². The van der Waals surface area contributed by atoms with E-state index in [0.29, 0.717) is 31.5 Å². The van der Waals surface area contributed by atoms with Crippen molar-refractivity contribution in [2.75, 3.05) is 23.3 Å². The number of nitrogens with one attached hydrogen (secondary N) is 2. The second-order valence-electron chi connectivity index (χ2n) is 8.23. The lowest BCUT2D eigenvalue weighted by molar-refractivity contribution is -0.138. The number of imide groups is 1. The Kier molecular flexibility index (Phi) is 5.97. The number of hydrogen-bond donors (Lipinski definition) is 2. The number of anilines is 2. The number of benzene rings is 1. The number of aromatic nitrogens is 2. The molecule has 1 aromatic carbocycles. The Balaban J connectivity index is 1.42. The third kappa shape index (κ3) is 4.28. The summed E-state index contributed by atoms with van der Waals surface area (Å²) in [6, 6.07) is 7.41. The first-order valence-corrected chi connectivity index (χ1v) is 10.8. The highest BCUT2D eigenvalue weighted by molar-refractivity contribution is 6.03. The molecule has 0 radical (unpaired) electrons. The highest BCUT2D eigenvalue weighted by Crippen LogP contribution is 2.36. The second kappa shape index (κ2) is 8.83. The van der Waals surface area contributed by atoms with Crippen molar-refractivity contribution >= 4 is 29.2 Å². The smallest absolute Gasteiger partial charge is 0.237 e. The first-order valence-electron chi connectivity index (χ1n) is 10.8. The molecule has 2 aromatic rings. The minimum atomic E-state index is -0.697. The van der Waals surface area contributed by atoms with E-state index >= 15 is 0 Å². The molecule has 2 fully saturated rings. The number of hydrogen-bond acceptors (Lipinski definition) is 6. The number of piperidine rings is 2. The fraction of sp³-hybridized carbons (Fsp3) is 0.435. The van der Waals surface area contributed by atoms with Crippen molar-refractivity contribution in [1.82, 2.24) is 15.3 Å². The van der Waals surface area contributed by atoms with Gasteiger partial charge in [-0.15, -0.1) is 0 Å². The Bertz CT molecular complexity index is 963. The molecule has 1 aromatic heterocycles. The fourth-order valence-corrected chi connectivity index (χ4v) is 4.54. The van der Waals surface area contributed by atoms with E-state index in [0.717, 1.165) is 30.8 Å². The number of nitrogens with zero attached hydrogens (tertiary/aromatic N) is 3. The highest BCUT2D eigenvalue weighted by atomic mass is 16.2. The molecular weight excluding hydrogens is 394 g/mol. The van der Waals surface area contributed by atoms with Crippen LogP contribution in [-0.2, 0) is 19.8 Å². The van der Waals surface area contributed by atoms with Crippen LogP contribution in [0.4, 0.5) is 11.5 Å². The zero-order valence-corrected chi connectivity index (χ0v) is 17.6. The van der Waals surface area contributed by atoms with Gasteiger partial charge in [-0.05, 0) is 43.4 Å². The zero-order chi connectivity index (χ0) is 21.8. The van der Waals surface area contributed by atoms with Crippen molar-refractivity contribution in [1.29, 1.82) is 0 Å². The molecule has 2 unspecified atom stereocenters. The van der Waals surface area contributed by atoms with Crippen molar-refractivity contribution in [2.45, 2.75) is 44.4 Å². The lowest BCUT2D eigenvalue weighted by Gasteiger charge is -2.35. The van der Waals surface area contributed by atoms with Crippen molar-refractivity contribution in [2.24, 2.45) is 5.92 Å². The molecule has 2 aliphatic heterocycles. The monoisotopic (exact) mass is 421 g/mol. The Labute approximate surface area is 181 Å². The summed E-state index contributed by atoms with van der Waals surface area (Å²) in [5, 5.41) is 5.47. The first kappa shape index (κ1) is 21.0. The van der Waals surface area contributed by atoms with E-state index in [1.54, 1.807) is 18.6 Å². The molecule has 4 rings (SSSR count). The average Bonchev–Trinajstić information content (AvgIpc) is 2.81. The summed E-state index contributed by atoms with van der Waals surface area (Å²) in [7, 11) is 0. The second-order valence-corrected chi connectivity index (χ2v) is 8.23. The maximum absolute atomic E-state index is 12.9. The number of rotatable bonds is 5. The molecule has 0 saturated carbocycles. The Morgan fingerprint density at radius 3 is 2.74 bits per heavy atom. The van der Waals surface area contributed by atoms with E-state index < -0.39 is 5.41 Å². The molecule has 162 valence electrons. The van der Waals surface area contributed by atoms with E-state index in [-0.39, 0.29) is 23.6 Å². The van der Waals surface area contributed by atoms with Gasteiger partial charge in [0.05, 0.1) is 17.5 Å². The van der Waals surface area contributed by atoms with Crippen LogP contribution in [0.2, 0.25) is 0 Å². The number of carbonyl (C=O) groups is 3. The molecule has 2 atom stereocenters. The standard InChI is InChI=1S/C23H27N5O3/c1-2-23(10-9-20(29)27-22(23)31)17-5-7-18(8-6-17)26-21(30)16-4-3-13-28(15-16)19-14-24-11-12-25-19/h5-8,11-12,14,16H,2-4,9-10,13,15H2,1H3,(H,26,30)(H,27,29,31). The highest BCUT2D eigenvalue weighted by Gasteiger charge is 2.42.